The maximum Gasteiger partial charge on any atom is 0.162 e. The fourth-order valence-corrected chi connectivity index (χ4v) is 2.48. The molecule has 0 fully saturated rings. The van der Waals surface area contributed by atoms with E-state index in [9.17, 15) is 0 Å². The Kier molecular flexibility index (Phi) is 4.78. The molecule has 0 atom stereocenters. The highest BCUT2D eigenvalue weighted by Crippen LogP contribution is 2.34. The van der Waals surface area contributed by atoms with Crippen LogP contribution < -0.4 is 0 Å². The van der Waals surface area contributed by atoms with Crippen molar-refractivity contribution < 1.29 is 4.74 Å². The van der Waals surface area contributed by atoms with Gasteiger partial charge in [0.1, 0.15) is 10.8 Å². The minimum absolute atomic E-state index is 0.390. The van der Waals surface area contributed by atoms with E-state index in [2.05, 4.69) is 25.9 Å². The number of hydrogen-bond donors (Lipinski definition) is 0. The summed E-state index contributed by atoms with van der Waals surface area (Å²) in [6.45, 7) is 6.40. The quantitative estimate of drug-likeness (QED) is 0.737. The van der Waals surface area contributed by atoms with Gasteiger partial charge in [-0.05, 0) is 36.7 Å². The molecule has 0 saturated heterocycles. The SMILES string of the molecule is CCOC(C)(C)c1nc(Cl)c(Br)c(-c2ccccc2)n1. The average Bonchev–Trinajstić information content (AvgIpc) is 2.42. The lowest BCUT2D eigenvalue weighted by Gasteiger charge is -2.24. The molecule has 20 heavy (non-hydrogen) atoms. The number of aromatic nitrogens is 2. The third-order valence-corrected chi connectivity index (χ3v) is 4.15. The highest BCUT2D eigenvalue weighted by atomic mass is 79.9. The van der Waals surface area contributed by atoms with Crippen molar-refractivity contribution in [3.05, 3.63) is 45.8 Å². The second-order valence-corrected chi connectivity index (χ2v) is 5.96. The van der Waals surface area contributed by atoms with Crippen LogP contribution in [0.3, 0.4) is 0 Å². The molecule has 0 aliphatic rings. The van der Waals surface area contributed by atoms with Gasteiger partial charge >= 0.3 is 0 Å². The van der Waals surface area contributed by atoms with E-state index in [1.165, 1.54) is 0 Å². The zero-order valence-electron chi connectivity index (χ0n) is 11.7. The van der Waals surface area contributed by atoms with E-state index in [0.29, 0.717) is 22.1 Å². The first-order chi connectivity index (χ1) is 9.45. The molecule has 0 spiro atoms. The van der Waals surface area contributed by atoms with Crippen LogP contribution in [0.4, 0.5) is 0 Å². The zero-order valence-corrected chi connectivity index (χ0v) is 14.0. The normalized spacial score (nSPS) is 11.7. The maximum atomic E-state index is 6.22. The Balaban J connectivity index is 2.56. The third kappa shape index (κ3) is 3.19. The van der Waals surface area contributed by atoms with Crippen molar-refractivity contribution in [2.75, 3.05) is 6.61 Å². The van der Waals surface area contributed by atoms with Crippen molar-refractivity contribution in [1.29, 1.82) is 0 Å². The summed E-state index contributed by atoms with van der Waals surface area (Å²) in [4.78, 5) is 8.96. The van der Waals surface area contributed by atoms with Crippen LogP contribution in [0.15, 0.2) is 34.8 Å². The van der Waals surface area contributed by atoms with Gasteiger partial charge in [-0.3, -0.25) is 0 Å². The van der Waals surface area contributed by atoms with Gasteiger partial charge in [-0.25, -0.2) is 9.97 Å². The predicted molar refractivity (Wildman–Crippen MR) is 84.8 cm³/mol. The predicted octanol–water partition coefficient (Wildman–Crippen LogP) is 4.83. The van der Waals surface area contributed by atoms with Crippen LogP contribution in [-0.4, -0.2) is 16.6 Å². The van der Waals surface area contributed by atoms with Crippen LogP contribution >= 0.6 is 27.5 Å². The van der Waals surface area contributed by atoms with Crippen LogP contribution in [0.1, 0.15) is 26.6 Å². The molecule has 2 rings (SSSR count). The Bertz CT molecular complexity index is 602. The molecule has 1 aromatic carbocycles. The van der Waals surface area contributed by atoms with Gasteiger partial charge < -0.3 is 4.74 Å². The summed E-state index contributed by atoms with van der Waals surface area (Å²) in [5.41, 5.74) is 1.17. The Morgan fingerprint density at radius 3 is 2.45 bits per heavy atom. The maximum absolute atomic E-state index is 6.22. The molecule has 2 aromatic rings. The first-order valence-corrected chi connectivity index (χ1v) is 7.55. The zero-order chi connectivity index (χ0) is 14.8. The van der Waals surface area contributed by atoms with Crippen molar-refractivity contribution in [1.82, 2.24) is 9.97 Å². The van der Waals surface area contributed by atoms with Gasteiger partial charge in [0.15, 0.2) is 5.82 Å². The van der Waals surface area contributed by atoms with Crippen LogP contribution in [0.2, 0.25) is 5.15 Å². The van der Waals surface area contributed by atoms with Gasteiger partial charge in [0.05, 0.1) is 10.2 Å². The summed E-state index contributed by atoms with van der Waals surface area (Å²) in [7, 11) is 0. The average molecular weight is 356 g/mol. The van der Waals surface area contributed by atoms with E-state index in [0.717, 1.165) is 11.3 Å². The molecule has 0 aliphatic heterocycles. The van der Waals surface area contributed by atoms with Gasteiger partial charge in [0.2, 0.25) is 0 Å². The Hall–Kier alpha value is -0.970. The summed E-state index contributed by atoms with van der Waals surface area (Å²) in [6, 6.07) is 9.86. The van der Waals surface area contributed by atoms with Gasteiger partial charge in [-0.2, -0.15) is 0 Å². The lowest BCUT2D eigenvalue weighted by atomic mass is 10.1. The fourth-order valence-electron chi connectivity index (χ4n) is 1.90. The first-order valence-electron chi connectivity index (χ1n) is 6.38. The summed E-state index contributed by atoms with van der Waals surface area (Å²) >= 11 is 9.68. The van der Waals surface area contributed by atoms with E-state index in [4.69, 9.17) is 16.3 Å². The second kappa shape index (κ2) is 6.20. The van der Waals surface area contributed by atoms with E-state index in [-0.39, 0.29) is 0 Å². The topological polar surface area (TPSA) is 35.0 Å². The number of benzene rings is 1. The molecule has 1 aromatic heterocycles. The molecular weight excluding hydrogens is 340 g/mol. The van der Waals surface area contributed by atoms with Crippen LogP contribution in [0.25, 0.3) is 11.3 Å². The molecule has 0 N–H and O–H groups in total. The molecule has 1 heterocycles. The summed E-state index contributed by atoms with van der Waals surface area (Å²) in [6.07, 6.45) is 0. The molecule has 0 radical (unpaired) electrons. The van der Waals surface area contributed by atoms with Crippen molar-refractivity contribution in [2.24, 2.45) is 0 Å². The molecule has 0 bridgehead atoms. The molecule has 0 saturated carbocycles. The van der Waals surface area contributed by atoms with Crippen molar-refractivity contribution >= 4 is 27.5 Å². The third-order valence-electron chi connectivity index (χ3n) is 2.90. The van der Waals surface area contributed by atoms with Crippen molar-refractivity contribution in [3.8, 4) is 11.3 Å². The molecular formula is C15H16BrClN2O. The largest absolute Gasteiger partial charge is 0.368 e. The second-order valence-electron chi connectivity index (χ2n) is 4.81. The van der Waals surface area contributed by atoms with Gasteiger partial charge in [0.25, 0.3) is 0 Å². The van der Waals surface area contributed by atoms with Gasteiger partial charge in [-0.1, -0.05) is 41.9 Å². The Morgan fingerprint density at radius 2 is 1.85 bits per heavy atom. The van der Waals surface area contributed by atoms with E-state index >= 15 is 0 Å². The molecule has 0 amide bonds. The van der Waals surface area contributed by atoms with Crippen molar-refractivity contribution in [3.63, 3.8) is 0 Å². The standard InChI is InChI=1S/C15H16BrClN2O/c1-4-20-15(2,3)14-18-12(11(16)13(17)19-14)10-8-6-5-7-9-10/h5-9H,4H2,1-3H3. The van der Waals surface area contributed by atoms with Crippen molar-refractivity contribution in [2.45, 2.75) is 26.4 Å². The summed E-state index contributed by atoms with van der Waals surface area (Å²) < 4.78 is 6.40. The number of hydrogen-bond acceptors (Lipinski definition) is 3. The smallest absolute Gasteiger partial charge is 0.162 e. The monoisotopic (exact) mass is 354 g/mol. The fraction of sp³-hybridized carbons (Fsp3) is 0.333. The van der Waals surface area contributed by atoms with E-state index in [1.54, 1.807) is 0 Å². The van der Waals surface area contributed by atoms with Crippen LogP contribution in [0, 0.1) is 0 Å². The first kappa shape index (κ1) is 15.4. The lowest BCUT2D eigenvalue weighted by molar-refractivity contribution is -0.0207. The molecule has 0 aliphatic carbocycles. The highest BCUT2D eigenvalue weighted by molar-refractivity contribution is 9.10. The number of nitrogens with zero attached hydrogens (tertiary/aromatic N) is 2. The Labute approximate surface area is 132 Å². The molecule has 0 unspecified atom stereocenters. The van der Waals surface area contributed by atoms with Gasteiger partial charge in [0, 0.05) is 12.2 Å². The van der Waals surface area contributed by atoms with Crippen LogP contribution in [0.5, 0.6) is 0 Å². The lowest BCUT2D eigenvalue weighted by Crippen LogP contribution is -2.25. The number of ether oxygens (including phenoxy) is 1. The highest BCUT2D eigenvalue weighted by Gasteiger charge is 2.26. The van der Waals surface area contributed by atoms with Gasteiger partial charge in [-0.15, -0.1) is 0 Å². The van der Waals surface area contributed by atoms with Crippen LogP contribution in [-0.2, 0) is 10.3 Å². The summed E-state index contributed by atoms with van der Waals surface area (Å²) in [5, 5.41) is 0.390. The minimum Gasteiger partial charge on any atom is -0.368 e. The minimum atomic E-state index is -0.581. The molecule has 5 heteroatoms. The number of halogens is 2. The molecule has 3 nitrogen and oxygen atoms in total. The summed E-state index contributed by atoms with van der Waals surface area (Å²) in [5.74, 6) is 0.575. The number of rotatable bonds is 4. The Morgan fingerprint density at radius 1 is 1.20 bits per heavy atom. The van der Waals surface area contributed by atoms with E-state index in [1.807, 2.05) is 51.1 Å². The molecule has 106 valence electrons. The van der Waals surface area contributed by atoms with E-state index < -0.39 is 5.60 Å².